The number of benzene rings is 2. The van der Waals surface area contributed by atoms with Crippen molar-refractivity contribution in [3.05, 3.63) is 65.7 Å². The molecular weight excluding hydrogens is 391 g/mol. The van der Waals surface area contributed by atoms with Crippen LogP contribution in [0, 0.1) is 0 Å². The molecule has 0 spiro atoms. The summed E-state index contributed by atoms with van der Waals surface area (Å²) in [4.78, 5) is 36.7. The van der Waals surface area contributed by atoms with Crippen molar-refractivity contribution in [3.63, 3.8) is 0 Å². The van der Waals surface area contributed by atoms with Crippen molar-refractivity contribution in [1.29, 1.82) is 0 Å². The second kappa shape index (κ2) is 9.24. The number of nitrogens with one attached hydrogen (secondary N) is 1. The lowest BCUT2D eigenvalue weighted by molar-refractivity contribution is -0.116. The van der Waals surface area contributed by atoms with Crippen LogP contribution in [-0.4, -0.2) is 38.4 Å². The lowest BCUT2D eigenvalue weighted by Gasteiger charge is -2.15. The van der Waals surface area contributed by atoms with Crippen LogP contribution in [0.25, 0.3) is 11.5 Å². The number of carbonyl (C=O) groups excluding carboxylic acids is 1. The maximum Gasteiger partial charge on any atom is 0.279 e. The molecule has 152 valence electrons. The molecule has 0 amide bonds. The molecular formula is C20H24N4O4P+. The predicted octanol–water partition coefficient (Wildman–Crippen LogP) is 2.57. The van der Waals surface area contributed by atoms with Crippen molar-refractivity contribution >= 4 is 19.4 Å². The third kappa shape index (κ3) is 6.17. The monoisotopic (exact) mass is 415 g/mol. The van der Waals surface area contributed by atoms with Crippen LogP contribution < -0.4 is 11.1 Å². The lowest BCUT2D eigenvalue weighted by Crippen LogP contribution is -2.28. The minimum Gasteiger partial charge on any atom is -0.365 e. The standard InChI is InChI=1S/C20H24N4O4P/c1-14(16-7-9-17(10-8-16)19-23-20(21)24-28-19)22-11-18(25)13-29(26,27)12-15-5-3-2-4-6-15/h2-10,14,22,26-27H,11-13H2,1H3,(H2,21,24)/q+1. The summed E-state index contributed by atoms with van der Waals surface area (Å²) >= 11 is 0. The SMILES string of the molecule is CC(NCC(=O)C[P+](O)(O)Cc1ccccc1)c1ccc(-c2nc(N)no2)cc1. The van der Waals surface area contributed by atoms with Crippen LogP contribution in [0.5, 0.6) is 0 Å². The molecule has 3 aromatic rings. The predicted molar refractivity (Wildman–Crippen MR) is 112 cm³/mol. The van der Waals surface area contributed by atoms with E-state index in [1.165, 1.54) is 0 Å². The first kappa shape index (κ1) is 21.1. The summed E-state index contributed by atoms with van der Waals surface area (Å²) in [5.41, 5.74) is 7.98. The zero-order valence-electron chi connectivity index (χ0n) is 16.0. The van der Waals surface area contributed by atoms with Gasteiger partial charge >= 0.3 is 0 Å². The Labute approximate surface area is 169 Å². The third-order valence-corrected chi connectivity index (χ3v) is 6.14. The summed E-state index contributed by atoms with van der Waals surface area (Å²) in [5, 5.41) is 6.68. The van der Waals surface area contributed by atoms with Gasteiger partial charge in [-0.15, -0.1) is 0 Å². The zero-order chi connectivity index (χ0) is 20.9. The average molecular weight is 415 g/mol. The van der Waals surface area contributed by atoms with Gasteiger partial charge < -0.3 is 15.6 Å². The van der Waals surface area contributed by atoms with E-state index in [2.05, 4.69) is 15.5 Å². The van der Waals surface area contributed by atoms with Crippen LogP contribution in [0.3, 0.4) is 0 Å². The fraction of sp³-hybridized carbons (Fsp3) is 0.250. The number of anilines is 1. The molecule has 1 atom stereocenters. The Bertz CT molecular complexity index is 945. The molecule has 0 radical (unpaired) electrons. The van der Waals surface area contributed by atoms with E-state index in [9.17, 15) is 14.6 Å². The minimum absolute atomic E-state index is 0.0563. The molecule has 0 fully saturated rings. The van der Waals surface area contributed by atoms with Gasteiger partial charge in [-0.2, -0.15) is 4.98 Å². The van der Waals surface area contributed by atoms with Crippen molar-refractivity contribution in [3.8, 4) is 11.5 Å². The minimum atomic E-state index is -3.31. The van der Waals surface area contributed by atoms with Gasteiger partial charge in [-0.05, 0) is 35.3 Å². The number of nitrogens with zero attached hydrogens (tertiary/aromatic N) is 2. The number of aromatic nitrogens is 2. The maximum atomic E-state index is 12.2. The van der Waals surface area contributed by atoms with Crippen LogP contribution in [0.2, 0.25) is 0 Å². The highest BCUT2D eigenvalue weighted by Crippen LogP contribution is 2.52. The van der Waals surface area contributed by atoms with Crippen molar-refractivity contribution in [2.75, 3.05) is 18.4 Å². The molecule has 29 heavy (non-hydrogen) atoms. The highest BCUT2D eigenvalue weighted by Gasteiger charge is 2.36. The van der Waals surface area contributed by atoms with Gasteiger partial charge in [0.15, 0.2) is 11.9 Å². The first-order valence-electron chi connectivity index (χ1n) is 9.13. The Morgan fingerprint density at radius 3 is 2.48 bits per heavy atom. The quantitative estimate of drug-likeness (QED) is 0.392. The first-order chi connectivity index (χ1) is 13.8. The van der Waals surface area contributed by atoms with E-state index >= 15 is 0 Å². The first-order valence-corrected chi connectivity index (χ1v) is 11.2. The fourth-order valence-electron chi connectivity index (χ4n) is 2.92. The van der Waals surface area contributed by atoms with Crippen molar-refractivity contribution in [1.82, 2.24) is 15.5 Å². The Balaban J connectivity index is 1.50. The highest BCUT2D eigenvalue weighted by molar-refractivity contribution is 7.64. The zero-order valence-corrected chi connectivity index (χ0v) is 16.9. The summed E-state index contributed by atoms with van der Waals surface area (Å²) in [7, 11) is -3.31. The van der Waals surface area contributed by atoms with Crippen LogP contribution in [0.15, 0.2) is 59.1 Å². The maximum absolute atomic E-state index is 12.2. The Kier molecular flexibility index (Phi) is 6.71. The number of hydrogen-bond donors (Lipinski definition) is 4. The van der Waals surface area contributed by atoms with E-state index < -0.39 is 7.72 Å². The van der Waals surface area contributed by atoms with Gasteiger partial charge in [-0.3, -0.25) is 4.79 Å². The molecule has 9 heteroatoms. The van der Waals surface area contributed by atoms with E-state index in [4.69, 9.17) is 10.3 Å². The van der Waals surface area contributed by atoms with Crippen LogP contribution in [0.4, 0.5) is 5.95 Å². The summed E-state index contributed by atoms with van der Waals surface area (Å²) in [6, 6.07) is 16.5. The number of ketones is 1. The molecule has 0 saturated carbocycles. The van der Waals surface area contributed by atoms with Crippen LogP contribution in [-0.2, 0) is 11.0 Å². The summed E-state index contributed by atoms with van der Waals surface area (Å²) in [6.07, 6.45) is -0.129. The topological polar surface area (TPSA) is 134 Å². The second-order valence-corrected chi connectivity index (χ2v) is 9.29. The van der Waals surface area contributed by atoms with Crippen LogP contribution >= 0.6 is 7.72 Å². The number of Topliss-reactive ketones (excluding diaryl/α,β-unsaturated/α-hetero) is 1. The fourth-order valence-corrected chi connectivity index (χ4v) is 4.51. The van der Waals surface area contributed by atoms with Crippen LogP contribution in [0.1, 0.15) is 24.1 Å². The summed E-state index contributed by atoms with van der Waals surface area (Å²) in [5.74, 6) is 0.190. The van der Waals surface area contributed by atoms with Gasteiger partial charge in [0.05, 0.1) is 6.54 Å². The molecule has 3 rings (SSSR count). The molecule has 0 saturated heterocycles. The number of hydrogen-bond acceptors (Lipinski definition) is 8. The molecule has 0 aliphatic rings. The number of carbonyl (C=O) groups is 1. The molecule has 1 aromatic heterocycles. The van der Waals surface area contributed by atoms with Gasteiger partial charge in [-0.25, -0.2) is 9.79 Å². The van der Waals surface area contributed by atoms with E-state index in [0.717, 1.165) is 16.7 Å². The molecule has 5 N–H and O–H groups in total. The molecule has 2 aromatic carbocycles. The van der Waals surface area contributed by atoms with Gasteiger partial charge in [0.1, 0.15) is 6.16 Å². The van der Waals surface area contributed by atoms with E-state index in [1.54, 1.807) is 0 Å². The molecule has 1 unspecified atom stereocenters. The molecule has 1 heterocycles. The second-order valence-electron chi connectivity index (χ2n) is 6.90. The normalized spacial score (nSPS) is 12.7. The van der Waals surface area contributed by atoms with Gasteiger partial charge in [0.25, 0.3) is 19.6 Å². The van der Waals surface area contributed by atoms with Gasteiger partial charge in [0.2, 0.25) is 0 Å². The lowest BCUT2D eigenvalue weighted by atomic mass is 10.1. The van der Waals surface area contributed by atoms with E-state index in [-0.39, 0.29) is 36.6 Å². The highest BCUT2D eigenvalue weighted by atomic mass is 31.2. The largest absolute Gasteiger partial charge is 0.365 e. The molecule has 0 aliphatic heterocycles. The third-order valence-electron chi connectivity index (χ3n) is 4.41. The Hall–Kier alpha value is -2.64. The van der Waals surface area contributed by atoms with E-state index in [1.807, 2.05) is 61.5 Å². The smallest absolute Gasteiger partial charge is 0.279 e. The number of nitrogen functional groups attached to an aromatic ring is 1. The Morgan fingerprint density at radius 1 is 1.17 bits per heavy atom. The summed E-state index contributed by atoms with van der Waals surface area (Å²) in [6.45, 7) is 1.98. The number of nitrogens with two attached hydrogens (primary N) is 1. The summed E-state index contributed by atoms with van der Waals surface area (Å²) < 4.78 is 5.03. The van der Waals surface area contributed by atoms with Crippen molar-refractivity contribution in [2.45, 2.75) is 19.1 Å². The van der Waals surface area contributed by atoms with Crippen molar-refractivity contribution in [2.24, 2.45) is 0 Å². The molecule has 8 nitrogen and oxygen atoms in total. The molecule has 0 aliphatic carbocycles. The Morgan fingerprint density at radius 2 is 1.86 bits per heavy atom. The number of rotatable bonds is 9. The van der Waals surface area contributed by atoms with Gasteiger partial charge in [0, 0.05) is 11.6 Å². The van der Waals surface area contributed by atoms with Gasteiger partial charge in [-0.1, -0.05) is 42.5 Å². The van der Waals surface area contributed by atoms with E-state index in [0.29, 0.717) is 5.89 Å². The van der Waals surface area contributed by atoms with Crippen molar-refractivity contribution < 1.29 is 19.1 Å². The molecule has 0 bridgehead atoms. The average Bonchev–Trinajstić information content (AvgIpc) is 3.12.